The normalized spacial score (nSPS) is 12.5. The Labute approximate surface area is 125 Å². The topological polar surface area (TPSA) is 38.7 Å². The Balaban J connectivity index is 2.29. The maximum atomic E-state index is 12.3. The van der Waals surface area contributed by atoms with Crippen LogP contribution in [0.25, 0.3) is 11.3 Å². The minimum absolute atomic E-state index is 0.0737. The molecule has 0 atom stereocenters. The lowest BCUT2D eigenvalue weighted by molar-refractivity contribution is -0.145. The number of hydrogen-bond donors (Lipinski definition) is 0. The second-order valence-electron chi connectivity index (χ2n) is 4.25. The molecule has 0 aromatic carbocycles. The van der Waals surface area contributed by atoms with Crippen molar-refractivity contribution in [3.05, 3.63) is 41.1 Å². The van der Waals surface area contributed by atoms with Crippen LogP contribution >= 0.6 is 11.6 Å². The summed E-state index contributed by atoms with van der Waals surface area (Å²) in [4.78, 5) is 10.0. The van der Waals surface area contributed by atoms with E-state index in [2.05, 4.69) is 15.0 Å². The molecule has 3 nitrogen and oxygen atoms in total. The van der Waals surface area contributed by atoms with Gasteiger partial charge in [-0.1, -0.05) is 11.6 Å². The van der Waals surface area contributed by atoms with Crippen molar-refractivity contribution >= 4 is 11.6 Å². The molecule has 0 bridgehead atoms. The van der Waals surface area contributed by atoms with E-state index in [9.17, 15) is 26.3 Å². The number of hydrogen-bond acceptors (Lipinski definition) is 3. The van der Waals surface area contributed by atoms with E-state index in [0.717, 1.165) is 24.7 Å². The predicted octanol–water partition coefficient (Wildman–Crippen LogP) is 4.32. The zero-order chi connectivity index (χ0) is 16.5. The van der Waals surface area contributed by atoms with Gasteiger partial charge in [-0.3, -0.25) is 4.98 Å². The summed E-state index contributed by atoms with van der Waals surface area (Å²) in [7, 11) is 0. The molecule has 0 spiro atoms. The van der Waals surface area contributed by atoms with Crippen LogP contribution in [0.4, 0.5) is 26.3 Å². The van der Waals surface area contributed by atoms with Gasteiger partial charge in [-0.25, -0.2) is 9.97 Å². The van der Waals surface area contributed by atoms with E-state index in [4.69, 9.17) is 11.6 Å². The SMILES string of the molecule is FC(F)(F)Cc1cnc(-c2cnc(C(F)(F)F)nc2)cc1Cl. The third kappa shape index (κ3) is 4.06. The van der Waals surface area contributed by atoms with Crippen molar-refractivity contribution in [1.29, 1.82) is 0 Å². The van der Waals surface area contributed by atoms with E-state index in [0.29, 0.717) is 0 Å². The van der Waals surface area contributed by atoms with Gasteiger partial charge in [0.2, 0.25) is 5.82 Å². The summed E-state index contributed by atoms with van der Waals surface area (Å²) >= 11 is 5.73. The lowest BCUT2D eigenvalue weighted by Gasteiger charge is -2.09. The van der Waals surface area contributed by atoms with Gasteiger partial charge in [0.15, 0.2) is 0 Å². The molecule has 0 unspecified atom stereocenters. The first-order valence-electron chi connectivity index (χ1n) is 5.67. The summed E-state index contributed by atoms with van der Waals surface area (Å²) in [6, 6.07) is 1.12. The van der Waals surface area contributed by atoms with Crippen LogP contribution in [0.3, 0.4) is 0 Å². The molecule has 2 aromatic heterocycles. The zero-order valence-corrected chi connectivity index (χ0v) is 11.3. The number of halogens is 7. The minimum Gasteiger partial charge on any atom is -0.256 e. The standard InChI is InChI=1S/C12H6ClF6N3/c13-8-1-9(20-3-6(8)2-11(14,15)16)7-4-21-10(22-5-7)12(17,18)19/h1,3-5H,2H2. The van der Waals surface area contributed by atoms with Gasteiger partial charge in [-0.05, 0) is 11.6 Å². The van der Waals surface area contributed by atoms with Crippen LogP contribution in [0.5, 0.6) is 0 Å². The molecule has 0 radical (unpaired) electrons. The third-order valence-electron chi connectivity index (χ3n) is 2.52. The fraction of sp³-hybridized carbons (Fsp3) is 0.250. The van der Waals surface area contributed by atoms with E-state index in [1.807, 2.05) is 0 Å². The fourth-order valence-electron chi connectivity index (χ4n) is 1.57. The van der Waals surface area contributed by atoms with Crippen LogP contribution in [-0.2, 0) is 12.6 Å². The molecule has 10 heteroatoms. The minimum atomic E-state index is -4.68. The lowest BCUT2D eigenvalue weighted by Crippen LogP contribution is -2.12. The van der Waals surface area contributed by atoms with E-state index < -0.39 is 24.6 Å². The molecule has 2 heterocycles. The highest BCUT2D eigenvalue weighted by Crippen LogP contribution is 2.29. The van der Waals surface area contributed by atoms with Crippen LogP contribution in [0.2, 0.25) is 5.02 Å². The molecule has 0 fully saturated rings. The van der Waals surface area contributed by atoms with Crippen molar-refractivity contribution in [2.24, 2.45) is 0 Å². The predicted molar refractivity (Wildman–Crippen MR) is 65.0 cm³/mol. The Morgan fingerprint density at radius 3 is 1.95 bits per heavy atom. The van der Waals surface area contributed by atoms with Crippen LogP contribution in [0, 0.1) is 0 Å². The Kier molecular flexibility index (Phi) is 4.28. The molecule has 2 aromatic rings. The maximum Gasteiger partial charge on any atom is 0.451 e. The van der Waals surface area contributed by atoms with Crippen molar-refractivity contribution in [2.75, 3.05) is 0 Å². The third-order valence-corrected chi connectivity index (χ3v) is 2.87. The van der Waals surface area contributed by atoms with Gasteiger partial charge in [0.25, 0.3) is 0 Å². The summed E-state index contributed by atoms with van der Waals surface area (Å²) < 4.78 is 73.8. The van der Waals surface area contributed by atoms with Gasteiger partial charge < -0.3 is 0 Å². The highest BCUT2D eigenvalue weighted by Gasteiger charge is 2.34. The summed E-state index contributed by atoms with van der Waals surface area (Å²) in [5.41, 5.74) is -0.0520. The van der Waals surface area contributed by atoms with Crippen molar-refractivity contribution in [3.63, 3.8) is 0 Å². The van der Waals surface area contributed by atoms with Gasteiger partial charge in [0, 0.05) is 29.2 Å². The Morgan fingerprint density at radius 2 is 1.50 bits per heavy atom. The van der Waals surface area contributed by atoms with Crippen molar-refractivity contribution in [2.45, 2.75) is 18.8 Å². The van der Waals surface area contributed by atoms with E-state index >= 15 is 0 Å². The summed E-state index contributed by atoms with van der Waals surface area (Å²) in [5.74, 6) is -1.32. The monoisotopic (exact) mass is 341 g/mol. The summed E-state index contributed by atoms with van der Waals surface area (Å²) in [6.07, 6.45) is -7.70. The van der Waals surface area contributed by atoms with Crippen LogP contribution < -0.4 is 0 Å². The summed E-state index contributed by atoms with van der Waals surface area (Å²) in [5, 5.41) is -0.192. The molecule has 0 saturated carbocycles. The number of aromatic nitrogens is 3. The smallest absolute Gasteiger partial charge is 0.256 e. The molecule has 0 aliphatic rings. The molecule has 0 N–H and O–H groups in total. The largest absolute Gasteiger partial charge is 0.451 e. The molecule has 0 aliphatic carbocycles. The summed E-state index contributed by atoms with van der Waals surface area (Å²) in [6.45, 7) is 0. The number of alkyl halides is 6. The number of rotatable bonds is 2. The fourth-order valence-corrected chi connectivity index (χ4v) is 1.79. The second-order valence-corrected chi connectivity index (χ2v) is 4.65. The van der Waals surface area contributed by atoms with Crippen LogP contribution in [0.15, 0.2) is 24.7 Å². The molecule has 0 aliphatic heterocycles. The molecule has 0 amide bonds. The Morgan fingerprint density at radius 1 is 0.909 bits per heavy atom. The van der Waals surface area contributed by atoms with Gasteiger partial charge in [-0.2, -0.15) is 26.3 Å². The second kappa shape index (κ2) is 5.71. The van der Waals surface area contributed by atoms with Crippen LogP contribution in [0.1, 0.15) is 11.4 Å². The first-order chi connectivity index (χ1) is 10.1. The first-order valence-corrected chi connectivity index (χ1v) is 6.05. The molecular weight excluding hydrogens is 336 g/mol. The quantitative estimate of drug-likeness (QED) is 0.764. The highest BCUT2D eigenvalue weighted by atomic mass is 35.5. The van der Waals surface area contributed by atoms with Gasteiger partial charge in [-0.15, -0.1) is 0 Å². The van der Waals surface area contributed by atoms with Gasteiger partial charge in [0.1, 0.15) is 0 Å². The average molecular weight is 342 g/mol. The number of nitrogens with zero attached hydrogens (tertiary/aromatic N) is 3. The Bertz CT molecular complexity index is 666. The van der Waals surface area contributed by atoms with E-state index in [1.165, 1.54) is 0 Å². The van der Waals surface area contributed by atoms with E-state index in [-0.39, 0.29) is 21.8 Å². The zero-order valence-electron chi connectivity index (χ0n) is 10.5. The maximum absolute atomic E-state index is 12.3. The number of pyridine rings is 1. The highest BCUT2D eigenvalue weighted by molar-refractivity contribution is 6.31. The Hall–Kier alpha value is -1.90. The molecular formula is C12H6ClF6N3. The van der Waals surface area contributed by atoms with Crippen LogP contribution in [-0.4, -0.2) is 21.1 Å². The molecule has 22 heavy (non-hydrogen) atoms. The van der Waals surface area contributed by atoms with Crippen molar-refractivity contribution in [3.8, 4) is 11.3 Å². The molecule has 118 valence electrons. The molecule has 2 rings (SSSR count). The van der Waals surface area contributed by atoms with Gasteiger partial charge in [0.05, 0.1) is 12.1 Å². The lowest BCUT2D eigenvalue weighted by atomic mass is 10.1. The molecule has 0 saturated heterocycles. The first kappa shape index (κ1) is 16.5. The van der Waals surface area contributed by atoms with Crippen molar-refractivity contribution in [1.82, 2.24) is 15.0 Å². The van der Waals surface area contributed by atoms with E-state index in [1.54, 1.807) is 0 Å². The van der Waals surface area contributed by atoms with Crippen molar-refractivity contribution < 1.29 is 26.3 Å². The van der Waals surface area contributed by atoms with Gasteiger partial charge >= 0.3 is 12.4 Å². The average Bonchev–Trinajstić information content (AvgIpc) is 2.39.